The number of rotatable bonds is 6. The molecule has 3 nitrogen and oxygen atoms in total. The summed E-state index contributed by atoms with van der Waals surface area (Å²) < 4.78 is 17.3. The molecular formula is C18H15BO3Ru+3. The number of hydrogen-bond donors (Lipinski definition) is 0. The van der Waals surface area contributed by atoms with Gasteiger partial charge in [0.1, 0.15) is 17.2 Å². The maximum atomic E-state index is 5.78. The summed E-state index contributed by atoms with van der Waals surface area (Å²) >= 11 is 0. The van der Waals surface area contributed by atoms with Crippen molar-refractivity contribution in [3.8, 4) is 17.2 Å². The van der Waals surface area contributed by atoms with E-state index in [9.17, 15) is 0 Å². The van der Waals surface area contributed by atoms with Crippen molar-refractivity contribution >= 4 is 7.32 Å². The maximum absolute atomic E-state index is 5.78. The molecule has 0 aliphatic heterocycles. The molecule has 0 bridgehead atoms. The molecule has 0 aliphatic carbocycles. The molecule has 113 valence electrons. The monoisotopic (exact) mass is 392 g/mol. The molecule has 0 amide bonds. The number of para-hydroxylation sites is 3. The van der Waals surface area contributed by atoms with E-state index in [4.69, 9.17) is 14.0 Å². The zero-order valence-electron chi connectivity index (χ0n) is 12.3. The maximum Gasteiger partial charge on any atom is 3.00 e. The average molecular weight is 391 g/mol. The van der Waals surface area contributed by atoms with E-state index in [-0.39, 0.29) is 19.5 Å². The van der Waals surface area contributed by atoms with Gasteiger partial charge in [-0.05, 0) is 36.4 Å². The molecule has 0 unspecified atom stereocenters. The van der Waals surface area contributed by atoms with E-state index >= 15 is 0 Å². The number of hydrogen-bond acceptors (Lipinski definition) is 3. The standard InChI is InChI=1S/C18H15BO3.Ru/c1-4-10-16(11-5-1)20-19(21-17-12-6-2-7-13-17)22-18-14-8-3-9-15-18;/h1-15H;/q;+3. The minimum absolute atomic E-state index is 0. The SMILES string of the molecule is [Ru+3].c1ccc(OB(Oc2ccccc2)Oc2ccccc2)cc1. The Bertz CT molecular complexity index is 582. The van der Waals surface area contributed by atoms with Gasteiger partial charge >= 0.3 is 26.8 Å². The van der Waals surface area contributed by atoms with Crippen molar-refractivity contribution in [1.82, 2.24) is 0 Å². The Kier molecular flexibility index (Phi) is 6.71. The zero-order chi connectivity index (χ0) is 15.0. The third-order valence-corrected chi connectivity index (χ3v) is 2.93. The minimum atomic E-state index is -0.868. The summed E-state index contributed by atoms with van der Waals surface area (Å²) in [6.07, 6.45) is 0. The van der Waals surface area contributed by atoms with Gasteiger partial charge in [-0.3, -0.25) is 0 Å². The van der Waals surface area contributed by atoms with Gasteiger partial charge in [0.15, 0.2) is 0 Å². The van der Waals surface area contributed by atoms with Crippen LogP contribution in [0.15, 0.2) is 91.0 Å². The third kappa shape index (κ3) is 5.46. The Labute approximate surface area is 149 Å². The molecule has 5 heteroatoms. The van der Waals surface area contributed by atoms with Gasteiger partial charge < -0.3 is 14.0 Å². The van der Waals surface area contributed by atoms with Crippen molar-refractivity contribution in [1.29, 1.82) is 0 Å². The molecule has 0 saturated heterocycles. The first-order valence-corrected chi connectivity index (χ1v) is 7.05. The van der Waals surface area contributed by atoms with Crippen LogP contribution in [0.5, 0.6) is 17.2 Å². The van der Waals surface area contributed by atoms with E-state index in [1.54, 1.807) is 0 Å². The van der Waals surface area contributed by atoms with E-state index in [2.05, 4.69) is 0 Å². The van der Waals surface area contributed by atoms with E-state index in [0.717, 1.165) is 0 Å². The van der Waals surface area contributed by atoms with Crippen molar-refractivity contribution in [2.45, 2.75) is 0 Å². The molecule has 0 N–H and O–H groups in total. The van der Waals surface area contributed by atoms with Crippen LogP contribution in [0.1, 0.15) is 0 Å². The normalized spacial score (nSPS) is 9.39. The third-order valence-electron chi connectivity index (χ3n) is 2.93. The summed E-state index contributed by atoms with van der Waals surface area (Å²) in [7, 11) is -0.868. The van der Waals surface area contributed by atoms with E-state index in [0.29, 0.717) is 17.2 Å². The summed E-state index contributed by atoms with van der Waals surface area (Å²) in [5.41, 5.74) is 0. The fraction of sp³-hybridized carbons (Fsp3) is 0. The van der Waals surface area contributed by atoms with Crippen LogP contribution in [0.2, 0.25) is 0 Å². The Morgan fingerprint density at radius 2 is 0.696 bits per heavy atom. The van der Waals surface area contributed by atoms with Crippen LogP contribution in [0, 0.1) is 0 Å². The fourth-order valence-corrected chi connectivity index (χ4v) is 1.90. The van der Waals surface area contributed by atoms with E-state index < -0.39 is 7.32 Å². The van der Waals surface area contributed by atoms with Gasteiger partial charge in [0.05, 0.1) is 0 Å². The van der Waals surface area contributed by atoms with Crippen LogP contribution >= 0.6 is 0 Å². The smallest absolute Gasteiger partial charge is 0.490 e. The molecule has 1 radical (unpaired) electrons. The van der Waals surface area contributed by atoms with Gasteiger partial charge in [-0.1, -0.05) is 54.6 Å². The van der Waals surface area contributed by atoms with Crippen LogP contribution in [-0.4, -0.2) is 7.32 Å². The fourth-order valence-electron chi connectivity index (χ4n) is 1.90. The summed E-state index contributed by atoms with van der Waals surface area (Å²) in [5, 5.41) is 0. The van der Waals surface area contributed by atoms with Crippen LogP contribution in [0.25, 0.3) is 0 Å². The van der Waals surface area contributed by atoms with Crippen molar-refractivity contribution in [3.63, 3.8) is 0 Å². The first kappa shape index (κ1) is 17.1. The molecule has 0 saturated carbocycles. The van der Waals surface area contributed by atoms with E-state index in [1.165, 1.54) is 0 Å². The molecule has 0 spiro atoms. The average Bonchev–Trinajstić information content (AvgIpc) is 2.57. The van der Waals surface area contributed by atoms with Gasteiger partial charge in [0.25, 0.3) is 0 Å². The molecular weight excluding hydrogens is 376 g/mol. The first-order chi connectivity index (χ1) is 10.9. The predicted molar refractivity (Wildman–Crippen MR) is 87.0 cm³/mol. The second-order valence-electron chi connectivity index (χ2n) is 4.58. The van der Waals surface area contributed by atoms with Crippen LogP contribution < -0.4 is 14.0 Å². The summed E-state index contributed by atoms with van der Waals surface area (Å²) in [6, 6.07) is 28.3. The van der Waals surface area contributed by atoms with Crippen LogP contribution in [0.4, 0.5) is 0 Å². The molecule has 0 aliphatic rings. The summed E-state index contributed by atoms with van der Waals surface area (Å²) in [6.45, 7) is 0. The van der Waals surface area contributed by atoms with Crippen molar-refractivity contribution in [3.05, 3.63) is 91.0 Å². The van der Waals surface area contributed by atoms with Gasteiger partial charge in [0, 0.05) is 0 Å². The molecule has 3 aromatic carbocycles. The molecule has 0 atom stereocenters. The largest absolute Gasteiger partial charge is 3.00 e. The first-order valence-electron chi connectivity index (χ1n) is 7.05. The second-order valence-corrected chi connectivity index (χ2v) is 4.58. The van der Waals surface area contributed by atoms with Crippen molar-refractivity contribution < 1.29 is 33.4 Å². The number of benzene rings is 3. The van der Waals surface area contributed by atoms with Gasteiger partial charge in [-0.15, -0.1) is 0 Å². The topological polar surface area (TPSA) is 27.7 Å². The van der Waals surface area contributed by atoms with Crippen LogP contribution in [-0.2, 0) is 19.5 Å². The van der Waals surface area contributed by atoms with Gasteiger partial charge in [-0.2, -0.15) is 0 Å². The molecule has 0 heterocycles. The van der Waals surface area contributed by atoms with E-state index in [1.807, 2.05) is 91.0 Å². The minimum Gasteiger partial charge on any atom is -0.490 e. The van der Waals surface area contributed by atoms with Crippen molar-refractivity contribution in [2.24, 2.45) is 0 Å². The molecule has 23 heavy (non-hydrogen) atoms. The van der Waals surface area contributed by atoms with Crippen LogP contribution in [0.3, 0.4) is 0 Å². The Morgan fingerprint density at radius 3 is 0.957 bits per heavy atom. The Hall–Kier alpha value is -2.25. The van der Waals surface area contributed by atoms with Gasteiger partial charge in [-0.25, -0.2) is 0 Å². The quantitative estimate of drug-likeness (QED) is 0.590. The second kappa shape index (κ2) is 9.02. The molecule has 3 rings (SSSR count). The van der Waals surface area contributed by atoms with Gasteiger partial charge in [0.2, 0.25) is 0 Å². The van der Waals surface area contributed by atoms with Crippen molar-refractivity contribution in [2.75, 3.05) is 0 Å². The molecule has 0 fully saturated rings. The zero-order valence-corrected chi connectivity index (χ0v) is 14.1. The molecule has 3 aromatic rings. The Morgan fingerprint density at radius 1 is 0.435 bits per heavy atom. The molecule has 0 aromatic heterocycles. The summed E-state index contributed by atoms with van der Waals surface area (Å²) in [4.78, 5) is 0. The summed E-state index contributed by atoms with van der Waals surface area (Å²) in [5.74, 6) is 2.04. The predicted octanol–water partition coefficient (Wildman–Crippen LogP) is 4.21. The Balaban J connectivity index is 0.00000192.